The molecule has 3 heterocycles. The Kier molecular flexibility index (Phi) is 6.23. The number of esters is 2. The molecule has 6 rings (SSSR count). The largest absolute Gasteiger partial charge is 0.493 e. The molecule has 1 saturated heterocycles. The van der Waals surface area contributed by atoms with Crippen LogP contribution >= 0.6 is 22.9 Å². The molecule has 0 unspecified atom stereocenters. The maximum absolute atomic E-state index is 13.3. The Bertz CT molecular complexity index is 1410. The highest BCUT2D eigenvalue weighted by molar-refractivity contribution is 7.12. The van der Waals surface area contributed by atoms with E-state index < -0.39 is 29.8 Å². The fourth-order valence-electron chi connectivity index (χ4n) is 5.55. The Morgan fingerprint density at radius 3 is 2.26 bits per heavy atom. The van der Waals surface area contributed by atoms with Crippen molar-refractivity contribution in [1.29, 1.82) is 0 Å². The number of halogens is 1. The number of hydrogen-bond donors (Lipinski definition) is 0. The van der Waals surface area contributed by atoms with Crippen molar-refractivity contribution in [1.82, 2.24) is 0 Å². The molecule has 198 valence electrons. The van der Waals surface area contributed by atoms with Crippen molar-refractivity contribution in [3.05, 3.63) is 62.3 Å². The van der Waals surface area contributed by atoms with Crippen LogP contribution in [0.4, 0.5) is 0 Å². The molecule has 2 aromatic carbocycles. The molecule has 3 aromatic rings. The van der Waals surface area contributed by atoms with Gasteiger partial charge in [-0.3, -0.25) is 4.79 Å². The average molecular weight is 559 g/mol. The second-order valence-electron chi connectivity index (χ2n) is 9.01. The molecule has 1 fully saturated rings. The maximum Gasteiger partial charge on any atom is 0.350 e. The van der Waals surface area contributed by atoms with Crippen molar-refractivity contribution in [2.75, 3.05) is 34.7 Å². The third-order valence-electron chi connectivity index (χ3n) is 7.20. The van der Waals surface area contributed by atoms with E-state index in [4.69, 9.17) is 44.8 Å². The van der Waals surface area contributed by atoms with Crippen LogP contribution in [0, 0.1) is 11.8 Å². The summed E-state index contributed by atoms with van der Waals surface area (Å²) in [5, 5.41) is 2.03. The molecule has 0 spiro atoms. The fraction of sp³-hybridized carbons (Fsp3) is 0.333. The van der Waals surface area contributed by atoms with E-state index in [2.05, 4.69) is 0 Å². The molecule has 1 aromatic heterocycles. The van der Waals surface area contributed by atoms with Gasteiger partial charge in [-0.05, 0) is 46.8 Å². The van der Waals surface area contributed by atoms with Gasteiger partial charge in [-0.25, -0.2) is 4.79 Å². The molecule has 3 aliphatic rings. The molecule has 0 bridgehead atoms. The van der Waals surface area contributed by atoms with Crippen molar-refractivity contribution in [3.63, 3.8) is 0 Å². The zero-order valence-corrected chi connectivity index (χ0v) is 22.2. The molecular weight excluding hydrogens is 536 g/mol. The van der Waals surface area contributed by atoms with Crippen LogP contribution in [0.1, 0.15) is 38.4 Å². The molecule has 11 heteroatoms. The Labute approximate surface area is 227 Å². The highest BCUT2D eigenvalue weighted by Crippen LogP contribution is 2.56. The van der Waals surface area contributed by atoms with Gasteiger partial charge in [-0.1, -0.05) is 11.6 Å². The lowest BCUT2D eigenvalue weighted by Crippen LogP contribution is -2.36. The SMILES string of the molecule is COc1cc([C@@H]2c3cc4c(cc3[C@H](OC(=O)c3sccc3Cl)[C@H]3COC(=O)[C@H]23)OCO4)cc(OC)c1OC. The van der Waals surface area contributed by atoms with Gasteiger partial charge in [0, 0.05) is 17.4 Å². The van der Waals surface area contributed by atoms with E-state index in [-0.39, 0.29) is 19.4 Å². The molecule has 0 amide bonds. The van der Waals surface area contributed by atoms with Gasteiger partial charge < -0.3 is 33.2 Å². The Hall–Kier alpha value is -3.63. The summed E-state index contributed by atoms with van der Waals surface area (Å²) in [5.74, 6) is -0.122. The fourth-order valence-corrected chi connectivity index (χ4v) is 6.57. The lowest BCUT2D eigenvalue weighted by molar-refractivity contribution is -0.141. The zero-order chi connectivity index (χ0) is 26.6. The van der Waals surface area contributed by atoms with E-state index in [9.17, 15) is 9.59 Å². The van der Waals surface area contributed by atoms with E-state index >= 15 is 0 Å². The first kappa shape index (κ1) is 24.7. The van der Waals surface area contributed by atoms with Crippen molar-refractivity contribution in [3.8, 4) is 28.7 Å². The Balaban J connectivity index is 1.53. The van der Waals surface area contributed by atoms with Gasteiger partial charge in [-0.15, -0.1) is 11.3 Å². The number of ether oxygens (including phenoxy) is 7. The van der Waals surface area contributed by atoms with E-state index in [1.54, 1.807) is 11.4 Å². The predicted molar refractivity (Wildman–Crippen MR) is 136 cm³/mol. The van der Waals surface area contributed by atoms with E-state index in [1.807, 2.05) is 24.3 Å². The van der Waals surface area contributed by atoms with Crippen LogP contribution in [0.2, 0.25) is 5.02 Å². The van der Waals surface area contributed by atoms with E-state index in [1.165, 1.54) is 32.7 Å². The van der Waals surface area contributed by atoms with Crippen LogP contribution in [0.5, 0.6) is 28.7 Å². The minimum Gasteiger partial charge on any atom is -0.493 e. The summed E-state index contributed by atoms with van der Waals surface area (Å²) in [5.41, 5.74) is 2.20. The van der Waals surface area contributed by atoms with Gasteiger partial charge >= 0.3 is 11.9 Å². The first-order valence-electron chi connectivity index (χ1n) is 11.8. The van der Waals surface area contributed by atoms with Crippen LogP contribution in [0.3, 0.4) is 0 Å². The first-order valence-corrected chi connectivity index (χ1v) is 13.0. The Morgan fingerprint density at radius 2 is 1.66 bits per heavy atom. The number of fused-ring (bicyclic) bond motifs is 3. The highest BCUT2D eigenvalue weighted by Gasteiger charge is 2.54. The van der Waals surface area contributed by atoms with Crippen LogP contribution < -0.4 is 23.7 Å². The number of carbonyl (C=O) groups is 2. The normalized spacial score (nSPS) is 22.8. The third-order valence-corrected chi connectivity index (χ3v) is 8.52. The number of thiophene rings is 1. The van der Waals surface area contributed by atoms with Gasteiger partial charge in [0.2, 0.25) is 12.5 Å². The quantitative estimate of drug-likeness (QED) is 0.387. The molecule has 0 saturated carbocycles. The predicted octanol–water partition coefficient (Wildman–Crippen LogP) is 4.99. The van der Waals surface area contributed by atoms with Crippen molar-refractivity contribution < 1.29 is 42.7 Å². The standard InChI is InChI=1S/C27H23ClO9S/c1-31-19-6-12(7-20(32-2)24(19)33-3)21-13-8-17-18(36-11-35-17)9-14(13)23(15-10-34-26(29)22(15)21)37-27(30)25-16(28)4-5-38-25/h4-9,15,21-23H,10-11H2,1-3H3/t15-,21+,22-,23-/m0/s1. The molecule has 9 nitrogen and oxygen atoms in total. The molecule has 0 radical (unpaired) electrons. The summed E-state index contributed by atoms with van der Waals surface area (Å²) < 4.78 is 39.6. The molecule has 4 atom stereocenters. The number of rotatable bonds is 6. The molecule has 1 aliphatic carbocycles. The van der Waals surface area contributed by atoms with Crippen LogP contribution in [0.25, 0.3) is 0 Å². The summed E-state index contributed by atoms with van der Waals surface area (Å²) in [6.45, 7) is 0.158. The van der Waals surface area contributed by atoms with E-state index in [0.29, 0.717) is 44.2 Å². The zero-order valence-electron chi connectivity index (χ0n) is 20.6. The average Bonchev–Trinajstić information content (AvgIpc) is 3.66. The Morgan fingerprint density at radius 1 is 0.974 bits per heavy atom. The van der Waals surface area contributed by atoms with Crippen molar-refractivity contribution in [2.24, 2.45) is 11.8 Å². The second-order valence-corrected chi connectivity index (χ2v) is 10.3. The molecule has 2 aliphatic heterocycles. The van der Waals surface area contributed by atoms with Crippen molar-refractivity contribution >= 4 is 34.9 Å². The monoisotopic (exact) mass is 558 g/mol. The van der Waals surface area contributed by atoms with Gasteiger partial charge in [0.1, 0.15) is 11.0 Å². The first-order chi connectivity index (χ1) is 18.4. The number of carbonyl (C=O) groups excluding carboxylic acids is 2. The molecular formula is C27H23ClO9S. The minimum absolute atomic E-state index is 0.0667. The van der Waals surface area contributed by atoms with Gasteiger partial charge in [-0.2, -0.15) is 0 Å². The summed E-state index contributed by atoms with van der Waals surface area (Å²) in [7, 11) is 4.59. The lowest BCUT2D eigenvalue weighted by atomic mass is 9.66. The molecule has 38 heavy (non-hydrogen) atoms. The highest BCUT2D eigenvalue weighted by atomic mass is 35.5. The number of benzene rings is 2. The van der Waals surface area contributed by atoms with Gasteiger partial charge in [0.05, 0.1) is 38.9 Å². The smallest absolute Gasteiger partial charge is 0.350 e. The number of methoxy groups -OCH3 is 3. The maximum atomic E-state index is 13.3. The summed E-state index contributed by atoms with van der Waals surface area (Å²) in [6, 6.07) is 8.94. The van der Waals surface area contributed by atoms with Gasteiger partial charge in [0.15, 0.2) is 23.0 Å². The van der Waals surface area contributed by atoms with Crippen molar-refractivity contribution in [2.45, 2.75) is 12.0 Å². The second kappa shape index (κ2) is 9.59. The molecule has 0 N–H and O–H groups in total. The topological polar surface area (TPSA) is 98.8 Å². The number of hydrogen-bond acceptors (Lipinski definition) is 10. The minimum atomic E-state index is -0.778. The van der Waals surface area contributed by atoms with Crippen LogP contribution in [-0.2, 0) is 14.3 Å². The van der Waals surface area contributed by atoms with Crippen LogP contribution in [-0.4, -0.2) is 46.7 Å². The summed E-state index contributed by atoms with van der Waals surface area (Å²) in [6.07, 6.45) is -0.778. The van der Waals surface area contributed by atoms with E-state index in [0.717, 1.165) is 11.1 Å². The number of cyclic esters (lactones) is 1. The summed E-state index contributed by atoms with van der Waals surface area (Å²) >= 11 is 7.40. The lowest BCUT2D eigenvalue weighted by Gasteiger charge is -2.38. The van der Waals surface area contributed by atoms with Gasteiger partial charge in [0.25, 0.3) is 0 Å². The third kappa shape index (κ3) is 3.82. The summed E-state index contributed by atoms with van der Waals surface area (Å²) in [4.78, 5) is 26.7. The van der Waals surface area contributed by atoms with Crippen LogP contribution in [0.15, 0.2) is 35.7 Å².